The fraction of sp³-hybridized carbons (Fsp3) is 0.846. The van der Waals surface area contributed by atoms with Gasteiger partial charge < -0.3 is 10.1 Å². The molecule has 0 saturated heterocycles. The van der Waals surface area contributed by atoms with Crippen LogP contribution < -0.4 is 5.32 Å². The number of halogens is 1. The molecule has 1 aliphatic carbocycles. The Morgan fingerprint density at radius 3 is 2.44 bits per heavy atom. The molecule has 1 aliphatic rings. The minimum absolute atomic E-state index is 0.0387. The Hall–Kier alpha value is -0.580. The monoisotopic (exact) mass is 319 g/mol. The molecule has 104 valence electrons. The molecule has 0 aromatic carbocycles. The fourth-order valence-corrected chi connectivity index (χ4v) is 2.84. The Balaban J connectivity index is 2.55. The van der Waals surface area contributed by atoms with Gasteiger partial charge in [0, 0.05) is 11.8 Å². The van der Waals surface area contributed by atoms with Gasteiger partial charge in [0.05, 0.1) is 7.11 Å². The minimum Gasteiger partial charge on any atom is -0.467 e. The molecule has 18 heavy (non-hydrogen) atoms. The van der Waals surface area contributed by atoms with E-state index in [-0.39, 0.29) is 11.9 Å². The number of amides is 1. The average Bonchev–Trinajstić information content (AvgIpc) is 2.39. The van der Waals surface area contributed by atoms with Gasteiger partial charge in [0.15, 0.2) is 0 Å². The third-order valence-electron chi connectivity index (χ3n) is 3.45. The van der Waals surface area contributed by atoms with E-state index in [1.165, 1.54) is 7.11 Å². The summed E-state index contributed by atoms with van der Waals surface area (Å²) in [6, 6.07) is 0. The predicted molar refractivity (Wildman–Crippen MR) is 73.6 cm³/mol. The van der Waals surface area contributed by atoms with E-state index < -0.39 is 5.54 Å². The van der Waals surface area contributed by atoms with Crippen LogP contribution in [-0.2, 0) is 14.3 Å². The second-order valence-electron chi connectivity index (χ2n) is 4.83. The lowest BCUT2D eigenvalue weighted by Gasteiger charge is -2.35. The summed E-state index contributed by atoms with van der Waals surface area (Å²) in [6.45, 7) is 0. The molecule has 1 rings (SSSR count). The Labute approximate surface area is 117 Å². The van der Waals surface area contributed by atoms with Crippen molar-refractivity contribution in [3.05, 3.63) is 0 Å². The van der Waals surface area contributed by atoms with Crippen LogP contribution in [0.3, 0.4) is 0 Å². The Morgan fingerprint density at radius 1 is 1.22 bits per heavy atom. The maximum Gasteiger partial charge on any atom is 0.331 e. The number of rotatable bonds is 6. The zero-order chi connectivity index (χ0) is 13.4. The van der Waals surface area contributed by atoms with E-state index in [4.69, 9.17) is 4.74 Å². The smallest absolute Gasteiger partial charge is 0.331 e. The first-order chi connectivity index (χ1) is 8.64. The SMILES string of the molecule is COC(=O)C1(NC(=O)CCCCBr)CCCCC1. The van der Waals surface area contributed by atoms with Gasteiger partial charge in [-0.1, -0.05) is 35.2 Å². The van der Waals surface area contributed by atoms with Gasteiger partial charge in [0.25, 0.3) is 0 Å². The second-order valence-corrected chi connectivity index (χ2v) is 5.62. The van der Waals surface area contributed by atoms with Crippen LogP contribution in [0.25, 0.3) is 0 Å². The zero-order valence-electron chi connectivity index (χ0n) is 11.0. The largest absolute Gasteiger partial charge is 0.467 e. The van der Waals surface area contributed by atoms with Crippen molar-refractivity contribution in [2.45, 2.75) is 56.9 Å². The van der Waals surface area contributed by atoms with Gasteiger partial charge in [-0.2, -0.15) is 0 Å². The van der Waals surface area contributed by atoms with Crippen LogP contribution in [0.15, 0.2) is 0 Å². The molecule has 0 heterocycles. The zero-order valence-corrected chi connectivity index (χ0v) is 12.6. The lowest BCUT2D eigenvalue weighted by Crippen LogP contribution is -2.56. The van der Waals surface area contributed by atoms with E-state index in [1.807, 2.05) is 0 Å². The van der Waals surface area contributed by atoms with Gasteiger partial charge in [-0.15, -0.1) is 0 Å². The molecule has 0 aromatic heterocycles. The lowest BCUT2D eigenvalue weighted by atomic mass is 9.81. The van der Waals surface area contributed by atoms with E-state index in [1.54, 1.807) is 0 Å². The lowest BCUT2D eigenvalue weighted by molar-refractivity contribution is -0.152. The number of esters is 1. The van der Waals surface area contributed by atoms with E-state index >= 15 is 0 Å². The quantitative estimate of drug-likeness (QED) is 0.465. The summed E-state index contributed by atoms with van der Waals surface area (Å²) in [7, 11) is 1.38. The molecule has 0 unspecified atom stereocenters. The van der Waals surface area contributed by atoms with Crippen molar-refractivity contribution in [2.24, 2.45) is 0 Å². The molecule has 0 radical (unpaired) electrons. The summed E-state index contributed by atoms with van der Waals surface area (Å²) in [5, 5.41) is 3.82. The summed E-state index contributed by atoms with van der Waals surface area (Å²) >= 11 is 3.34. The number of ether oxygens (including phenoxy) is 1. The van der Waals surface area contributed by atoms with Crippen LogP contribution in [0.5, 0.6) is 0 Å². The van der Waals surface area contributed by atoms with Crippen LogP contribution in [0, 0.1) is 0 Å². The number of carbonyl (C=O) groups excluding carboxylic acids is 2. The average molecular weight is 320 g/mol. The van der Waals surface area contributed by atoms with E-state index in [0.29, 0.717) is 19.3 Å². The van der Waals surface area contributed by atoms with Crippen molar-refractivity contribution in [3.8, 4) is 0 Å². The van der Waals surface area contributed by atoms with Crippen molar-refractivity contribution in [1.82, 2.24) is 5.32 Å². The third kappa shape index (κ3) is 4.26. The molecule has 0 aromatic rings. The maximum absolute atomic E-state index is 11.9. The van der Waals surface area contributed by atoms with Gasteiger partial charge in [-0.3, -0.25) is 4.79 Å². The molecule has 0 spiro atoms. The molecular formula is C13H22BrNO3. The van der Waals surface area contributed by atoms with Crippen LogP contribution in [0.1, 0.15) is 51.4 Å². The van der Waals surface area contributed by atoms with E-state index in [0.717, 1.165) is 37.4 Å². The number of methoxy groups -OCH3 is 1. The molecular weight excluding hydrogens is 298 g/mol. The van der Waals surface area contributed by atoms with Crippen LogP contribution in [0.4, 0.5) is 0 Å². The normalized spacial score (nSPS) is 18.1. The molecule has 0 bridgehead atoms. The van der Waals surface area contributed by atoms with Crippen molar-refractivity contribution in [1.29, 1.82) is 0 Å². The minimum atomic E-state index is -0.765. The highest BCUT2D eigenvalue weighted by Crippen LogP contribution is 2.29. The molecule has 4 nitrogen and oxygen atoms in total. The Morgan fingerprint density at radius 2 is 1.89 bits per heavy atom. The number of carbonyl (C=O) groups is 2. The molecule has 1 N–H and O–H groups in total. The molecule has 5 heteroatoms. The topological polar surface area (TPSA) is 55.4 Å². The first-order valence-corrected chi connectivity index (χ1v) is 7.72. The fourth-order valence-electron chi connectivity index (χ4n) is 2.44. The molecule has 1 saturated carbocycles. The maximum atomic E-state index is 11.9. The molecule has 0 atom stereocenters. The molecule has 1 amide bonds. The van der Waals surface area contributed by atoms with Crippen LogP contribution in [0.2, 0.25) is 0 Å². The van der Waals surface area contributed by atoms with Crippen LogP contribution in [-0.4, -0.2) is 29.9 Å². The van der Waals surface area contributed by atoms with Crippen molar-refractivity contribution in [2.75, 3.05) is 12.4 Å². The standard InChI is InChI=1S/C13H22BrNO3/c1-18-12(17)13(8-4-2-5-9-13)15-11(16)7-3-6-10-14/h2-10H2,1H3,(H,15,16). The summed E-state index contributed by atoms with van der Waals surface area (Å²) < 4.78 is 4.86. The van der Waals surface area contributed by atoms with Crippen molar-refractivity contribution < 1.29 is 14.3 Å². The number of hydrogen-bond acceptors (Lipinski definition) is 3. The van der Waals surface area contributed by atoms with E-state index in [2.05, 4.69) is 21.2 Å². The number of hydrogen-bond donors (Lipinski definition) is 1. The van der Waals surface area contributed by atoms with Gasteiger partial charge in [-0.05, 0) is 25.7 Å². The summed E-state index contributed by atoms with van der Waals surface area (Å²) in [5.74, 6) is -0.334. The Kier molecular flexibility index (Phi) is 6.68. The highest BCUT2D eigenvalue weighted by molar-refractivity contribution is 9.09. The second kappa shape index (κ2) is 7.77. The first kappa shape index (κ1) is 15.5. The summed E-state index contributed by atoms with van der Waals surface area (Å²) in [4.78, 5) is 23.8. The highest BCUT2D eigenvalue weighted by Gasteiger charge is 2.41. The van der Waals surface area contributed by atoms with Crippen molar-refractivity contribution in [3.63, 3.8) is 0 Å². The number of unbranched alkanes of at least 4 members (excludes halogenated alkanes) is 1. The van der Waals surface area contributed by atoms with Gasteiger partial charge in [0.2, 0.25) is 5.91 Å². The summed E-state index contributed by atoms with van der Waals surface area (Å²) in [6.07, 6.45) is 6.75. The first-order valence-electron chi connectivity index (χ1n) is 6.60. The molecule has 0 aliphatic heterocycles. The number of alkyl halides is 1. The third-order valence-corrected chi connectivity index (χ3v) is 4.01. The van der Waals surface area contributed by atoms with Crippen molar-refractivity contribution >= 4 is 27.8 Å². The van der Waals surface area contributed by atoms with Crippen LogP contribution >= 0.6 is 15.9 Å². The summed E-state index contributed by atoms with van der Waals surface area (Å²) in [5.41, 5.74) is -0.765. The predicted octanol–water partition coefficient (Wildman–Crippen LogP) is 2.54. The van der Waals surface area contributed by atoms with Gasteiger partial charge in [-0.25, -0.2) is 4.79 Å². The highest BCUT2D eigenvalue weighted by atomic mass is 79.9. The van der Waals surface area contributed by atoms with E-state index in [9.17, 15) is 9.59 Å². The van der Waals surface area contributed by atoms with Gasteiger partial charge >= 0.3 is 5.97 Å². The van der Waals surface area contributed by atoms with Gasteiger partial charge in [0.1, 0.15) is 5.54 Å². The number of nitrogens with one attached hydrogen (secondary N) is 1. The molecule has 1 fully saturated rings. The Bertz CT molecular complexity index is 288.